The number of halogens is 1. The van der Waals surface area contributed by atoms with Gasteiger partial charge in [-0.05, 0) is 66.3 Å². The highest BCUT2D eigenvalue weighted by atomic mass is 35.5. The van der Waals surface area contributed by atoms with Gasteiger partial charge >= 0.3 is 0 Å². The first-order valence-electron chi connectivity index (χ1n) is 8.17. The molecule has 1 nitrogen and oxygen atoms in total. The second-order valence-electron chi connectivity index (χ2n) is 6.24. The van der Waals surface area contributed by atoms with E-state index in [4.69, 9.17) is 16.9 Å². The number of allylic oxidation sites excluding steroid dienone is 1. The summed E-state index contributed by atoms with van der Waals surface area (Å²) in [6.07, 6.45) is 7.06. The number of hydrogen-bond acceptors (Lipinski definition) is 1. The molecule has 1 saturated carbocycles. The summed E-state index contributed by atoms with van der Waals surface area (Å²) in [4.78, 5) is 0. The molecule has 116 valence electrons. The van der Waals surface area contributed by atoms with E-state index in [2.05, 4.69) is 36.4 Å². The Labute approximate surface area is 143 Å². The number of nitriles is 1. The molecule has 0 bridgehead atoms. The first-order valence-corrected chi connectivity index (χ1v) is 8.61. The van der Waals surface area contributed by atoms with Crippen LogP contribution in [0, 0.1) is 17.2 Å². The summed E-state index contributed by atoms with van der Waals surface area (Å²) in [6.45, 7) is 0. The smallest absolute Gasteiger partial charge is 0.0991 e. The predicted molar refractivity (Wildman–Crippen MR) is 96.3 cm³/mol. The minimum atomic E-state index is 0.654. The summed E-state index contributed by atoms with van der Waals surface area (Å²) < 4.78 is 0. The quantitative estimate of drug-likeness (QED) is 0.655. The van der Waals surface area contributed by atoms with Gasteiger partial charge in [0.2, 0.25) is 0 Å². The van der Waals surface area contributed by atoms with Crippen molar-refractivity contribution in [3.8, 4) is 17.2 Å². The highest BCUT2D eigenvalue weighted by molar-refractivity contribution is 6.25. The molecule has 2 aromatic rings. The number of hydrogen-bond donors (Lipinski definition) is 0. The topological polar surface area (TPSA) is 23.8 Å². The van der Waals surface area contributed by atoms with Gasteiger partial charge in [0.05, 0.1) is 11.6 Å². The lowest BCUT2D eigenvalue weighted by atomic mass is 9.78. The summed E-state index contributed by atoms with van der Waals surface area (Å²) >= 11 is 5.68. The van der Waals surface area contributed by atoms with Gasteiger partial charge in [-0.3, -0.25) is 0 Å². The van der Waals surface area contributed by atoms with Crippen LogP contribution in [0.15, 0.2) is 60.1 Å². The van der Waals surface area contributed by atoms with Crippen LogP contribution in [0.5, 0.6) is 0 Å². The third-order valence-electron chi connectivity index (χ3n) is 4.85. The average molecular weight is 322 g/mol. The van der Waals surface area contributed by atoms with E-state index >= 15 is 0 Å². The molecule has 0 aliphatic heterocycles. The molecule has 2 heteroatoms. The van der Waals surface area contributed by atoms with Crippen LogP contribution in [0.4, 0.5) is 0 Å². The second kappa shape index (κ2) is 7.49. The van der Waals surface area contributed by atoms with E-state index in [1.165, 1.54) is 36.8 Å². The molecule has 0 saturated heterocycles. The second-order valence-corrected chi connectivity index (χ2v) is 6.49. The van der Waals surface area contributed by atoms with Gasteiger partial charge in [0.25, 0.3) is 0 Å². The molecule has 0 N–H and O–H groups in total. The largest absolute Gasteiger partial charge is 0.192 e. The summed E-state index contributed by atoms with van der Waals surface area (Å²) in [5, 5.41) is 8.87. The zero-order chi connectivity index (χ0) is 16.1. The molecule has 3 rings (SSSR count). The molecule has 1 aliphatic carbocycles. The Morgan fingerprint density at radius 1 is 0.870 bits per heavy atom. The van der Waals surface area contributed by atoms with Crippen LogP contribution in [-0.4, -0.2) is 0 Å². The van der Waals surface area contributed by atoms with E-state index in [9.17, 15) is 0 Å². The van der Waals surface area contributed by atoms with Crippen LogP contribution in [-0.2, 0) is 0 Å². The zero-order valence-electron chi connectivity index (χ0n) is 13.1. The number of nitrogens with zero attached hydrogens (tertiary/aromatic N) is 1. The standard InChI is InChI=1S/C21H20ClN/c22-14-13-16-1-5-18(6-2-16)20-9-11-21(12-10-20)19-7-3-17(15-23)4-8-19/h3-4,7-14,16,18H,1-2,5-6H2/b14-13+. The van der Waals surface area contributed by atoms with Crippen molar-refractivity contribution in [3.63, 3.8) is 0 Å². The minimum Gasteiger partial charge on any atom is -0.192 e. The molecule has 0 amide bonds. The lowest BCUT2D eigenvalue weighted by Crippen LogP contribution is -2.11. The monoisotopic (exact) mass is 321 g/mol. The van der Waals surface area contributed by atoms with E-state index < -0.39 is 0 Å². The van der Waals surface area contributed by atoms with Gasteiger partial charge in [-0.2, -0.15) is 5.26 Å². The molecule has 0 spiro atoms. The van der Waals surface area contributed by atoms with Crippen molar-refractivity contribution in [3.05, 3.63) is 71.3 Å². The van der Waals surface area contributed by atoms with Crippen LogP contribution in [0.2, 0.25) is 0 Å². The van der Waals surface area contributed by atoms with E-state index in [-0.39, 0.29) is 0 Å². The molecular formula is C21H20ClN. The third kappa shape index (κ3) is 3.84. The molecule has 0 heterocycles. The van der Waals surface area contributed by atoms with Gasteiger partial charge in [-0.1, -0.05) is 54.1 Å². The zero-order valence-corrected chi connectivity index (χ0v) is 13.8. The third-order valence-corrected chi connectivity index (χ3v) is 4.99. The Morgan fingerprint density at radius 3 is 1.96 bits per heavy atom. The highest BCUT2D eigenvalue weighted by Gasteiger charge is 2.20. The van der Waals surface area contributed by atoms with Crippen molar-refractivity contribution in [1.82, 2.24) is 0 Å². The average Bonchev–Trinajstić information content (AvgIpc) is 2.63. The molecule has 1 fully saturated rings. The lowest BCUT2D eigenvalue weighted by molar-refractivity contribution is 0.376. The normalized spacial score (nSPS) is 21.2. The molecular weight excluding hydrogens is 302 g/mol. The molecule has 0 atom stereocenters. The van der Waals surface area contributed by atoms with Crippen LogP contribution in [0.1, 0.15) is 42.7 Å². The van der Waals surface area contributed by atoms with Crippen molar-refractivity contribution in [2.24, 2.45) is 5.92 Å². The Balaban J connectivity index is 1.69. The lowest BCUT2D eigenvalue weighted by Gasteiger charge is -2.27. The van der Waals surface area contributed by atoms with E-state index in [0.29, 0.717) is 17.4 Å². The first-order chi connectivity index (χ1) is 11.3. The van der Waals surface area contributed by atoms with Gasteiger partial charge in [0, 0.05) is 5.54 Å². The van der Waals surface area contributed by atoms with E-state index in [0.717, 1.165) is 5.56 Å². The number of rotatable bonds is 3. The van der Waals surface area contributed by atoms with Crippen molar-refractivity contribution in [1.29, 1.82) is 5.26 Å². The molecule has 23 heavy (non-hydrogen) atoms. The fourth-order valence-electron chi connectivity index (χ4n) is 3.43. The Morgan fingerprint density at radius 2 is 1.43 bits per heavy atom. The van der Waals surface area contributed by atoms with Gasteiger partial charge in [-0.25, -0.2) is 0 Å². The maximum Gasteiger partial charge on any atom is 0.0991 e. The summed E-state index contributed by atoms with van der Waals surface area (Å²) in [5.74, 6) is 1.33. The van der Waals surface area contributed by atoms with E-state index in [1.807, 2.05) is 24.3 Å². The maximum absolute atomic E-state index is 8.87. The Kier molecular flexibility index (Phi) is 5.16. The van der Waals surface area contributed by atoms with Crippen LogP contribution in [0.25, 0.3) is 11.1 Å². The highest BCUT2D eigenvalue weighted by Crippen LogP contribution is 2.37. The van der Waals surface area contributed by atoms with Gasteiger partial charge in [0.1, 0.15) is 0 Å². The molecule has 0 unspecified atom stereocenters. The van der Waals surface area contributed by atoms with Crippen molar-refractivity contribution in [2.75, 3.05) is 0 Å². The van der Waals surface area contributed by atoms with Crippen LogP contribution >= 0.6 is 11.6 Å². The van der Waals surface area contributed by atoms with Gasteiger partial charge in [0.15, 0.2) is 0 Å². The number of benzene rings is 2. The van der Waals surface area contributed by atoms with Crippen LogP contribution < -0.4 is 0 Å². The van der Waals surface area contributed by atoms with Gasteiger partial charge < -0.3 is 0 Å². The fourth-order valence-corrected chi connectivity index (χ4v) is 3.64. The predicted octanol–water partition coefficient (Wildman–Crippen LogP) is 6.25. The minimum absolute atomic E-state index is 0.654. The summed E-state index contributed by atoms with van der Waals surface area (Å²) in [6, 6.07) is 18.8. The Hall–Kier alpha value is -2.04. The van der Waals surface area contributed by atoms with Crippen LogP contribution in [0.3, 0.4) is 0 Å². The first kappa shape index (κ1) is 15.8. The molecule has 1 aliphatic rings. The SMILES string of the molecule is N#Cc1ccc(-c2ccc(C3CCC(/C=C/Cl)CC3)cc2)cc1. The molecule has 0 aromatic heterocycles. The molecule has 0 radical (unpaired) electrons. The fraction of sp³-hybridized carbons (Fsp3) is 0.286. The van der Waals surface area contributed by atoms with Crippen molar-refractivity contribution < 1.29 is 0 Å². The van der Waals surface area contributed by atoms with Gasteiger partial charge in [-0.15, -0.1) is 0 Å². The van der Waals surface area contributed by atoms with E-state index in [1.54, 1.807) is 5.54 Å². The summed E-state index contributed by atoms with van der Waals surface area (Å²) in [7, 11) is 0. The van der Waals surface area contributed by atoms with Crippen molar-refractivity contribution in [2.45, 2.75) is 31.6 Å². The molecule has 2 aromatic carbocycles. The Bertz CT molecular complexity index is 699. The van der Waals surface area contributed by atoms with Crippen molar-refractivity contribution >= 4 is 11.6 Å². The summed E-state index contributed by atoms with van der Waals surface area (Å²) in [5.41, 5.74) is 6.17. The maximum atomic E-state index is 8.87.